The summed E-state index contributed by atoms with van der Waals surface area (Å²) in [6, 6.07) is 9.42. The van der Waals surface area contributed by atoms with E-state index in [1.807, 2.05) is 0 Å². The van der Waals surface area contributed by atoms with Gasteiger partial charge in [0, 0.05) is 6.42 Å². The van der Waals surface area contributed by atoms with Gasteiger partial charge in [0.2, 0.25) is 0 Å². The molecule has 108 valence electrons. The highest BCUT2D eigenvalue weighted by Gasteiger charge is 2.29. The minimum atomic E-state index is -4.35. The molecule has 1 aromatic heterocycles. The summed E-state index contributed by atoms with van der Waals surface area (Å²) in [4.78, 5) is 7.08. The first-order valence-corrected chi connectivity index (χ1v) is 6.23. The van der Waals surface area contributed by atoms with E-state index in [9.17, 15) is 17.6 Å². The number of imidazole rings is 1. The zero-order valence-electron chi connectivity index (χ0n) is 10.7. The van der Waals surface area contributed by atoms with Gasteiger partial charge in [0.05, 0.1) is 11.1 Å². The Bertz CT molecular complexity index is 772. The standard InChI is InChI=1S/C15H10F4N2/c16-11-2-1-3-12-14(11)21-13(20-12)8-9-4-6-10(7-5-9)15(17,18)19/h1-7H,8H2,(H,20,21). The fourth-order valence-corrected chi connectivity index (χ4v) is 2.14. The van der Waals surface area contributed by atoms with E-state index < -0.39 is 17.6 Å². The van der Waals surface area contributed by atoms with E-state index in [1.165, 1.54) is 18.2 Å². The number of rotatable bonds is 2. The van der Waals surface area contributed by atoms with E-state index in [0.29, 0.717) is 23.3 Å². The van der Waals surface area contributed by atoms with E-state index in [4.69, 9.17) is 0 Å². The van der Waals surface area contributed by atoms with Crippen LogP contribution in [0.4, 0.5) is 17.6 Å². The quantitative estimate of drug-likeness (QED) is 0.701. The molecule has 0 aliphatic heterocycles. The summed E-state index contributed by atoms with van der Waals surface area (Å²) in [5.74, 6) is 0.0808. The van der Waals surface area contributed by atoms with Crippen molar-refractivity contribution in [3.63, 3.8) is 0 Å². The molecule has 0 bridgehead atoms. The Morgan fingerprint density at radius 3 is 2.33 bits per heavy atom. The van der Waals surface area contributed by atoms with Crippen LogP contribution in [0.2, 0.25) is 0 Å². The van der Waals surface area contributed by atoms with Gasteiger partial charge in [-0.25, -0.2) is 9.37 Å². The lowest BCUT2D eigenvalue weighted by Gasteiger charge is -2.06. The third-order valence-corrected chi connectivity index (χ3v) is 3.17. The summed E-state index contributed by atoms with van der Waals surface area (Å²) in [6.45, 7) is 0. The Balaban J connectivity index is 1.87. The number of halogens is 4. The van der Waals surface area contributed by atoms with Crippen LogP contribution in [0.1, 0.15) is 17.0 Å². The largest absolute Gasteiger partial charge is 0.416 e. The van der Waals surface area contributed by atoms with Crippen LogP contribution in [0.15, 0.2) is 42.5 Å². The topological polar surface area (TPSA) is 28.7 Å². The second-order valence-electron chi connectivity index (χ2n) is 4.69. The Morgan fingerprint density at radius 1 is 1.00 bits per heavy atom. The number of nitrogens with one attached hydrogen (secondary N) is 1. The molecule has 2 aromatic carbocycles. The molecule has 0 saturated heterocycles. The number of benzene rings is 2. The van der Waals surface area contributed by atoms with Gasteiger partial charge in [-0.1, -0.05) is 18.2 Å². The third kappa shape index (κ3) is 2.74. The van der Waals surface area contributed by atoms with Crippen molar-refractivity contribution in [3.05, 3.63) is 65.2 Å². The van der Waals surface area contributed by atoms with Gasteiger partial charge >= 0.3 is 6.18 Å². The number of alkyl halides is 3. The van der Waals surface area contributed by atoms with E-state index in [-0.39, 0.29) is 5.52 Å². The maximum absolute atomic E-state index is 13.5. The van der Waals surface area contributed by atoms with Crippen molar-refractivity contribution in [3.8, 4) is 0 Å². The lowest BCUT2D eigenvalue weighted by atomic mass is 10.1. The summed E-state index contributed by atoms with van der Waals surface area (Å²) in [5, 5.41) is 0. The second-order valence-corrected chi connectivity index (χ2v) is 4.69. The van der Waals surface area contributed by atoms with Crippen molar-refractivity contribution in [2.45, 2.75) is 12.6 Å². The summed E-state index contributed by atoms with van der Waals surface area (Å²) in [6.07, 6.45) is -4.03. The molecule has 2 nitrogen and oxygen atoms in total. The molecule has 1 N–H and O–H groups in total. The summed E-state index contributed by atoms with van der Waals surface area (Å²) in [7, 11) is 0. The molecule has 0 fully saturated rings. The van der Waals surface area contributed by atoms with Gasteiger partial charge < -0.3 is 4.98 Å². The molecule has 3 rings (SSSR count). The maximum atomic E-state index is 13.5. The van der Waals surface area contributed by atoms with Gasteiger partial charge in [0.15, 0.2) is 5.82 Å². The van der Waals surface area contributed by atoms with Gasteiger partial charge in [-0.05, 0) is 29.8 Å². The number of hydrogen-bond acceptors (Lipinski definition) is 1. The molecule has 0 aliphatic rings. The highest BCUT2D eigenvalue weighted by molar-refractivity contribution is 5.75. The monoisotopic (exact) mass is 294 g/mol. The summed E-state index contributed by atoms with van der Waals surface area (Å²) < 4.78 is 50.9. The van der Waals surface area contributed by atoms with Crippen LogP contribution >= 0.6 is 0 Å². The average Bonchev–Trinajstić information content (AvgIpc) is 2.82. The normalized spacial score (nSPS) is 12.0. The lowest BCUT2D eigenvalue weighted by Crippen LogP contribution is -2.04. The molecule has 21 heavy (non-hydrogen) atoms. The Kier molecular flexibility index (Phi) is 3.16. The molecule has 0 saturated carbocycles. The van der Waals surface area contributed by atoms with Gasteiger partial charge in [-0.15, -0.1) is 0 Å². The van der Waals surface area contributed by atoms with Crippen LogP contribution in [0, 0.1) is 5.82 Å². The third-order valence-electron chi connectivity index (χ3n) is 3.17. The van der Waals surface area contributed by atoms with Crippen LogP contribution in [0.5, 0.6) is 0 Å². The zero-order valence-corrected chi connectivity index (χ0v) is 10.7. The smallest absolute Gasteiger partial charge is 0.342 e. The SMILES string of the molecule is Fc1cccc2[nH]c(Cc3ccc(C(F)(F)F)cc3)nc12. The number of aromatic nitrogens is 2. The number of hydrogen-bond donors (Lipinski definition) is 1. The van der Waals surface area contributed by atoms with E-state index in [0.717, 1.165) is 12.1 Å². The Labute approximate surface area is 117 Å². The van der Waals surface area contributed by atoms with Crippen LogP contribution in [0.25, 0.3) is 11.0 Å². The van der Waals surface area contributed by atoms with Crippen molar-refractivity contribution in [2.75, 3.05) is 0 Å². The summed E-state index contributed by atoms with van der Waals surface area (Å²) >= 11 is 0. The fraction of sp³-hybridized carbons (Fsp3) is 0.133. The van der Waals surface area contributed by atoms with Crippen molar-refractivity contribution >= 4 is 11.0 Å². The number of para-hydroxylation sites is 1. The molecular formula is C15H10F4N2. The van der Waals surface area contributed by atoms with Gasteiger partial charge in [-0.3, -0.25) is 0 Å². The van der Waals surface area contributed by atoms with Gasteiger partial charge in [-0.2, -0.15) is 13.2 Å². The first-order valence-electron chi connectivity index (χ1n) is 6.23. The van der Waals surface area contributed by atoms with Crippen molar-refractivity contribution in [1.29, 1.82) is 0 Å². The molecule has 0 amide bonds. The minimum Gasteiger partial charge on any atom is -0.342 e. The van der Waals surface area contributed by atoms with Crippen LogP contribution < -0.4 is 0 Å². The molecule has 0 spiro atoms. The first kappa shape index (κ1) is 13.6. The zero-order chi connectivity index (χ0) is 15.0. The van der Waals surface area contributed by atoms with E-state index in [1.54, 1.807) is 12.1 Å². The van der Waals surface area contributed by atoms with Gasteiger partial charge in [0.25, 0.3) is 0 Å². The van der Waals surface area contributed by atoms with Crippen molar-refractivity contribution in [2.24, 2.45) is 0 Å². The fourth-order valence-electron chi connectivity index (χ4n) is 2.14. The van der Waals surface area contributed by atoms with Crippen molar-refractivity contribution < 1.29 is 17.6 Å². The van der Waals surface area contributed by atoms with Gasteiger partial charge in [0.1, 0.15) is 11.3 Å². The van der Waals surface area contributed by atoms with E-state index in [2.05, 4.69) is 9.97 Å². The highest BCUT2D eigenvalue weighted by Crippen LogP contribution is 2.29. The van der Waals surface area contributed by atoms with Crippen LogP contribution in [-0.4, -0.2) is 9.97 Å². The number of nitrogens with zero attached hydrogens (tertiary/aromatic N) is 1. The predicted octanol–water partition coefficient (Wildman–Crippen LogP) is 4.31. The Morgan fingerprint density at radius 2 is 1.71 bits per heavy atom. The lowest BCUT2D eigenvalue weighted by molar-refractivity contribution is -0.137. The highest BCUT2D eigenvalue weighted by atomic mass is 19.4. The Hall–Kier alpha value is -2.37. The van der Waals surface area contributed by atoms with Crippen LogP contribution in [-0.2, 0) is 12.6 Å². The molecule has 0 atom stereocenters. The molecule has 3 aromatic rings. The molecule has 6 heteroatoms. The average molecular weight is 294 g/mol. The van der Waals surface area contributed by atoms with E-state index >= 15 is 0 Å². The molecule has 0 radical (unpaired) electrons. The minimum absolute atomic E-state index is 0.236. The van der Waals surface area contributed by atoms with Crippen LogP contribution in [0.3, 0.4) is 0 Å². The molecule has 0 aliphatic carbocycles. The maximum Gasteiger partial charge on any atom is 0.416 e. The number of fused-ring (bicyclic) bond motifs is 1. The number of aromatic amines is 1. The number of H-pyrrole nitrogens is 1. The molecular weight excluding hydrogens is 284 g/mol. The molecule has 1 heterocycles. The first-order chi connectivity index (χ1) is 9.93. The van der Waals surface area contributed by atoms with Crippen molar-refractivity contribution in [1.82, 2.24) is 9.97 Å². The predicted molar refractivity (Wildman–Crippen MR) is 70.3 cm³/mol. The summed E-state index contributed by atoms with van der Waals surface area (Å²) in [5.41, 5.74) is 0.778. The second kappa shape index (κ2) is 4.87. The molecule has 0 unspecified atom stereocenters.